The van der Waals surface area contributed by atoms with Crippen molar-refractivity contribution in [1.82, 2.24) is 14.7 Å². The van der Waals surface area contributed by atoms with E-state index in [9.17, 15) is 9.59 Å². The highest BCUT2D eigenvalue weighted by Crippen LogP contribution is 2.20. The van der Waals surface area contributed by atoms with Crippen molar-refractivity contribution < 1.29 is 14.3 Å². The topological polar surface area (TPSA) is 76.5 Å². The molecule has 2 saturated heterocycles. The summed E-state index contributed by atoms with van der Waals surface area (Å²) >= 11 is 0. The summed E-state index contributed by atoms with van der Waals surface area (Å²) in [6.07, 6.45) is 8.61. The second-order valence-electron chi connectivity index (χ2n) is 6.71. The van der Waals surface area contributed by atoms with E-state index in [-0.39, 0.29) is 23.8 Å². The first-order chi connectivity index (χ1) is 11.6. The minimum atomic E-state index is -0.0365. The second-order valence-corrected chi connectivity index (χ2v) is 6.71. The number of hydrogen-bond acceptors (Lipinski definition) is 4. The Kier molecular flexibility index (Phi) is 5.50. The Morgan fingerprint density at radius 1 is 1.29 bits per heavy atom. The Morgan fingerprint density at radius 3 is 2.75 bits per heavy atom. The van der Waals surface area contributed by atoms with Gasteiger partial charge in [-0.2, -0.15) is 5.10 Å². The van der Waals surface area contributed by atoms with E-state index in [2.05, 4.69) is 10.4 Å². The van der Waals surface area contributed by atoms with Crippen molar-refractivity contribution in [2.75, 3.05) is 25.0 Å². The molecule has 0 aliphatic carbocycles. The number of ether oxygens (including phenoxy) is 1. The maximum Gasteiger partial charge on any atom is 0.227 e. The van der Waals surface area contributed by atoms with Gasteiger partial charge in [-0.25, -0.2) is 0 Å². The standard InChI is InChI=1S/C17H26N4O3/c1-13(22)20-7-5-14(6-8-20)17(23)19-15-10-18-21(11-15)12-16-4-2-3-9-24-16/h10-11,14,16H,2-9,12H2,1H3,(H,19,23)/t16-/m0/s1. The van der Waals surface area contributed by atoms with Crippen LogP contribution < -0.4 is 5.32 Å². The van der Waals surface area contributed by atoms with Crippen molar-refractivity contribution in [3.63, 3.8) is 0 Å². The Bertz CT molecular complexity index is 572. The zero-order valence-corrected chi connectivity index (χ0v) is 14.2. The van der Waals surface area contributed by atoms with Gasteiger partial charge in [-0.3, -0.25) is 14.3 Å². The van der Waals surface area contributed by atoms with Crippen molar-refractivity contribution in [2.24, 2.45) is 5.92 Å². The molecule has 2 amide bonds. The van der Waals surface area contributed by atoms with E-state index in [4.69, 9.17) is 4.74 Å². The first-order valence-electron chi connectivity index (χ1n) is 8.82. The van der Waals surface area contributed by atoms with Crippen molar-refractivity contribution >= 4 is 17.5 Å². The molecule has 132 valence electrons. The predicted octanol–water partition coefficient (Wildman–Crippen LogP) is 1.65. The van der Waals surface area contributed by atoms with Gasteiger partial charge >= 0.3 is 0 Å². The molecule has 0 saturated carbocycles. The predicted molar refractivity (Wildman–Crippen MR) is 89.4 cm³/mol. The summed E-state index contributed by atoms with van der Waals surface area (Å²) in [6, 6.07) is 0. The second kappa shape index (κ2) is 7.79. The summed E-state index contributed by atoms with van der Waals surface area (Å²) < 4.78 is 7.55. The molecular formula is C17H26N4O3. The van der Waals surface area contributed by atoms with Gasteiger partial charge in [0, 0.05) is 38.7 Å². The van der Waals surface area contributed by atoms with Crippen LogP contribution in [0.2, 0.25) is 0 Å². The van der Waals surface area contributed by atoms with E-state index < -0.39 is 0 Å². The maximum atomic E-state index is 12.4. The van der Waals surface area contributed by atoms with Gasteiger partial charge in [0.15, 0.2) is 0 Å². The average molecular weight is 334 g/mol. The van der Waals surface area contributed by atoms with E-state index in [0.29, 0.717) is 13.1 Å². The van der Waals surface area contributed by atoms with Gasteiger partial charge in [0.2, 0.25) is 11.8 Å². The molecule has 2 aliphatic rings. The minimum Gasteiger partial charge on any atom is -0.376 e. The third-order valence-electron chi connectivity index (χ3n) is 4.88. The average Bonchev–Trinajstić information content (AvgIpc) is 3.02. The molecule has 0 aromatic carbocycles. The summed E-state index contributed by atoms with van der Waals surface area (Å²) in [4.78, 5) is 25.5. The number of hydrogen-bond donors (Lipinski definition) is 1. The number of nitrogens with zero attached hydrogens (tertiary/aromatic N) is 3. The Morgan fingerprint density at radius 2 is 2.08 bits per heavy atom. The monoisotopic (exact) mass is 334 g/mol. The van der Waals surface area contributed by atoms with Gasteiger partial charge in [-0.15, -0.1) is 0 Å². The van der Waals surface area contributed by atoms with Crippen LogP contribution in [0.3, 0.4) is 0 Å². The zero-order valence-electron chi connectivity index (χ0n) is 14.2. The maximum absolute atomic E-state index is 12.4. The molecule has 0 radical (unpaired) electrons. The van der Waals surface area contributed by atoms with E-state index >= 15 is 0 Å². The molecule has 24 heavy (non-hydrogen) atoms. The van der Waals surface area contributed by atoms with Crippen LogP contribution in [0.4, 0.5) is 5.69 Å². The summed E-state index contributed by atoms with van der Waals surface area (Å²) in [5, 5.41) is 7.26. The number of anilines is 1. The molecule has 2 fully saturated rings. The number of carbonyl (C=O) groups is 2. The molecule has 0 spiro atoms. The molecule has 3 heterocycles. The van der Waals surface area contributed by atoms with Crippen LogP contribution in [0.15, 0.2) is 12.4 Å². The molecule has 1 aromatic heterocycles. The first kappa shape index (κ1) is 17.0. The fourth-order valence-corrected chi connectivity index (χ4v) is 3.39. The van der Waals surface area contributed by atoms with Gasteiger partial charge in [0.05, 0.1) is 24.5 Å². The van der Waals surface area contributed by atoms with Gasteiger partial charge in [0.25, 0.3) is 0 Å². The van der Waals surface area contributed by atoms with Crippen molar-refractivity contribution in [3.8, 4) is 0 Å². The van der Waals surface area contributed by atoms with Gasteiger partial charge < -0.3 is 15.0 Å². The minimum absolute atomic E-state index is 0.0201. The van der Waals surface area contributed by atoms with Crippen molar-refractivity contribution in [2.45, 2.75) is 51.7 Å². The number of rotatable bonds is 4. The number of amides is 2. The summed E-state index contributed by atoms with van der Waals surface area (Å²) in [6.45, 7) is 4.45. The van der Waals surface area contributed by atoms with E-state index in [1.165, 1.54) is 6.42 Å². The van der Waals surface area contributed by atoms with Gasteiger partial charge in [0.1, 0.15) is 0 Å². The molecule has 1 atom stereocenters. The fraction of sp³-hybridized carbons (Fsp3) is 0.706. The van der Waals surface area contributed by atoms with Crippen LogP contribution in [0.1, 0.15) is 39.0 Å². The van der Waals surface area contributed by atoms with E-state index in [1.807, 2.05) is 10.9 Å². The molecular weight excluding hydrogens is 308 g/mol. The van der Waals surface area contributed by atoms with Crippen LogP contribution in [0, 0.1) is 5.92 Å². The lowest BCUT2D eigenvalue weighted by Gasteiger charge is -2.30. The Hall–Kier alpha value is -1.89. The first-order valence-corrected chi connectivity index (χ1v) is 8.82. The highest BCUT2D eigenvalue weighted by atomic mass is 16.5. The van der Waals surface area contributed by atoms with Crippen LogP contribution >= 0.6 is 0 Å². The third kappa shape index (κ3) is 4.35. The molecule has 3 rings (SSSR count). The molecule has 0 bridgehead atoms. The van der Waals surface area contributed by atoms with Crippen LogP contribution in [0.5, 0.6) is 0 Å². The zero-order chi connectivity index (χ0) is 16.9. The molecule has 0 unspecified atom stereocenters. The van der Waals surface area contributed by atoms with Gasteiger partial charge in [-0.1, -0.05) is 0 Å². The fourth-order valence-electron chi connectivity index (χ4n) is 3.39. The molecule has 1 N–H and O–H groups in total. The smallest absolute Gasteiger partial charge is 0.227 e. The Balaban J connectivity index is 1.47. The molecule has 1 aromatic rings. The van der Waals surface area contributed by atoms with Crippen molar-refractivity contribution in [3.05, 3.63) is 12.4 Å². The normalized spacial score (nSPS) is 22.4. The highest BCUT2D eigenvalue weighted by molar-refractivity contribution is 5.92. The number of likely N-dealkylation sites (tertiary alicyclic amines) is 1. The number of nitrogens with one attached hydrogen (secondary N) is 1. The number of carbonyl (C=O) groups excluding carboxylic acids is 2. The van der Waals surface area contributed by atoms with Crippen LogP contribution in [-0.4, -0.2) is 52.3 Å². The van der Waals surface area contributed by atoms with Crippen LogP contribution in [0.25, 0.3) is 0 Å². The Labute approximate surface area is 142 Å². The largest absolute Gasteiger partial charge is 0.376 e. The number of aromatic nitrogens is 2. The van der Waals surface area contributed by atoms with E-state index in [1.54, 1.807) is 18.0 Å². The lowest BCUT2D eigenvalue weighted by Crippen LogP contribution is -2.40. The SMILES string of the molecule is CC(=O)N1CCC(C(=O)Nc2cnn(C[C@@H]3CCCCO3)c2)CC1. The molecule has 2 aliphatic heterocycles. The van der Waals surface area contributed by atoms with Crippen molar-refractivity contribution in [1.29, 1.82) is 0 Å². The summed E-state index contributed by atoms with van der Waals surface area (Å²) in [5.41, 5.74) is 0.727. The summed E-state index contributed by atoms with van der Waals surface area (Å²) in [7, 11) is 0. The lowest BCUT2D eigenvalue weighted by atomic mass is 9.96. The van der Waals surface area contributed by atoms with Gasteiger partial charge in [-0.05, 0) is 32.1 Å². The molecule has 7 heteroatoms. The number of piperidine rings is 1. The molecule has 7 nitrogen and oxygen atoms in total. The third-order valence-corrected chi connectivity index (χ3v) is 4.88. The highest BCUT2D eigenvalue weighted by Gasteiger charge is 2.26. The van der Waals surface area contributed by atoms with E-state index in [0.717, 1.165) is 44.5 Å². The summed E-state index contributed by atoms with van der Waals surface area (Å²) in [5.74, 6) is 0.0670. The quantitative estimate of drug-likeness (QED) is 0.908. The van der Waals surface area contributed by atoms with Crippen LogP contribution in [-0.2, 0) is 20.9 Å². The lowest BCUT2D eigenvalue weighted by molar-refractivity contribution is -0.132.